The zero-order chi connectivity index (χ0) is 24.1. The number of ether oxygens (including phenoxy) is 2. The van der Waals surface area contributed by atoms with Gasteiger partial charge >= 0.3 is 0 Å². The van der Waals surface area contributed by atoms with Crippen LogP contribution in [0.1, 0.15) is 33.3 Å². The molecule has 2 aromatic carbocycles. The average molecular weight is 503 g/mol. The predicted octanol–water partition coefficient (Wildman–Crippen LogP) is 4.51. The van der Waals surface area contributed by atoms with Crippen molar-refractivity contribution in [3.05, 3.63) is 75.5 Å². The van der Waals surface area contributed by atoms with E-state index in [1.54, 1.807) is 46.0 Å². The van der Waals surface area contributed by atoms with Gasteiger partial charge in [-0.2, -0.15) is 5.10 Å². The SMILES string of the molecule is CCn1ncc(NC(=O)c2cccc(COc3cccc(Cl)c3Cl)c2)c1C(=O)N1CCOCC1. The molecule has 0 unspecified atom stereocenters. The third kappa shape index (κ3) is 5.35. The molecule has 3 aromatic rings. The molecule has 1 N–H and O–H groups in total. The molecule has 8 nitrogen and oxygen atoms in total. The van der Waals surface area contributed by atoms with Crippen LogP contribution in [0.4, 0.5) is 5.69 Å². The van der Waals surface area contributed by atoms with Gasteiger partial charge in [-0.25, -0.2) is 0 Å². The summed E-state index contributed by atoms with van der Waals surface area (Å²) in [6.45, 7) is 4.58. The van der Waals surface area contributed by atoms with E-state index in [0.717, 1.165) is 5.56 Å². The molecule has 34 heavy (non-hydrogen) atoms. The first-order chi connectivity index (χ1) is 16.5. The number of hydrogen-bond donors (Lipinski definition) is 1. The minimum absolute atomic E-state index is 0.182. The molecule has 2 heterocycles. The minimum Gasteiger partial charge on any atom is -0.487 e. The van der Waals surface area contributed by atoms with Crippen molar-refractivity contribution in [1.29, 1.82) is 0 Å². The zero-order valence-corrected chi connectivity index (χ0v) is 20.1. The van der Waals surface area contributed by atoms with Crippen molar-refractivity contribution in [3.8, 4) is 5.75 Å². The Morgan fingerprint density at radius 3 is 2.68 bits per heavy atom. The highest BCUT2D eigenvalue weighted by molar-refractivity contribution is 6.42. The molecule has 0 spiro atoms. The molecule has 1 aliphatic rings. The number of nitrogens with zero attached hydrogens (tertiary/aromatic N) is 3. The molecular weight excluding hydrogens is 479 g/mol. The first-order valence-corrected chi connectivity index (χ1v) is 11.6. The summed E-state index contributed by atoms with van der Waals surface area (Å²) in [5, 5.41) is 7.85. The van der Waals surface area contributed by atoms with E-state index < -0.39 is 0 Å². The number of anilines is 1. The van der Waals surface area contributed by atoms with E-state index in [-0.39, 0.29) is 18.4 Å². The summed E-state index contributed by atoms with van der Waals surface area (Å²) < 4.78 is 12.7. The number of morpholine rings is 1. The highest BCUT2D eigenvalue weighted by Crippen LogP contribution is 2.32. The quantitative estimate of drug-likeness (QED) is 0.513. The molecule has 4 rings (SSSR count). The van der Waals surface area contributed by atoms with Gasteiger partial charge in [0.15, 0.2) is 0 Å². The fourth-order valence-corrected chi connectivity index (χ4v) is 3.96. The monoisotopic (exact) mass is 502 g/mol. The summed E-state index contributed by atoms with van der Waals surface area (Å²) in [6, 6.07) is 12.2. The highest BCUT2D eigenvalue weighted by atomic mass is 35.5. The largest absolute Gasteiger partial charge is 0.487 e. The Morgan fingerprint density at radius 1 is 1.15 bits per heavy atom. The maximum Gasteiger partial charge on any atom is 0.274 e. The molecule has 178 valence electrons. The van der Waals surface area contributed by atoms with Gasteiger partial charge in [-0.05, 0) is 36.8 Å². The fourth-order valence-electron chi connectivity index (χ4n) is 3.61. The number of carbonyl (C=O) groups is 2. The number of hydrogen-bond acceptors (Lipinski definition) is 5. The normalized spacial score (nSPS) is 13.6. The van der Waals surface area contributed by atoms with Gasteiger partial charge < -0.3 is 19.7 Å². The Morgan fingerprint density at radius 2 is 1.91 bits per heavy atom. The van der Waals surface area contributed by atoms with Gasteiger partial charge in [-0.15, -0.1) is 0 Å². The van der Waals surface area contributed by atoms with Crippen LogP contribution in [-0.4, -0.2) is 52.8 Å². The molecule has 0 aliphatic carbocycles. The lowest BCUT2D eigenvalue weighted by molar-refractivity contribution is 0.0295. The van der Waals surface area contributed by atoms with Gasteiger partial charge in [0.2, 0.25) is 0 Å². The van der Waals surface area contributed by atoms with Crippen LogP contribution in [0.15, 0.2) is 48.7 Å². The zero-order valence-electron chi connectivity index (χ0n) is 18.6. The molecule has 1 fully saturated rings. The first-order valence-electron chi connectivity index (χ1n) is 10.9. The number of carbonyl (C=O) groups excluding carboxylic acids is 2. The molecular formula is C24H24Cl2N4O4. The van der Waals surface area contributed by atoms with Gasteiger partial charge in [0.05, 0.1) is 30.1 Å². The number of amides is 2. The number of halogens is 2. The Labute approximate surface area is 207 Å². The summed E-state index contributed by atoms with van der Waals surface area (Å²) >= 11 is 12.2. The Bertz CT molecular complexity index is 1190. The van der Waals surface area contributed by atoms with Crippen molar-refractivity contribution in [3.63, 3.8) is 0 Å². The third-order valence-corrected chi connectivity index (χ3v) is 6.19. The molecule has 2 amide bonds. The van der Waals surface area contributed by atoms with Crippen LogP contribution in [0.5, 0.6) is 5.75 Å². The summed E-state index contributed by atoms with van der Waals surface area (Å²) in [5.41, 5.74) is 1.92. The summed E-state index contributed by atoms with van der Waals surface area (Å²) in [5.74, 6) is -0.0740. The second-order valence-electron chi connectivity index (χ2n) is 7.62. The highest BCUT2D eigenvalue weighted by Gasteiger charge is 2.26. The topological polar surface area (TPSA) is 85.7 Å². The van der Waals surface area contributed by atoms with E-state index in [4.69, 9.17) is 32.7 Å². The Hall–Kier alpha value is -3.07. The van der Waals surface area contributed by atoms with E-state index in [2.05, 4.69) is 10.4 Å². The van der Waals surface area contributed by atoms with Gasteiger partial charge in [-0.3, -0.25) is 14.3 Å². The minimum atomic E-state index is -0.352. The van der Waals surface area contributed by atoms with E-state index in [0.29, 0.717) is 65.6 Å². The number of rotatable bonds is 7. The van der Waals surface area contributed by atoms with E-state index in [1.807, 2.05) is 13.0 Å². The number of nitrogens with one attached hydrogen (secondary N) is 1. The second-order valence-corrected chi connectivity index (χ2v) is 8.41. The van der Waals surface area contributed by atoms with Gasteiger partial charge in [0, 0.05) is 25.2 Å². The predicted molar refractivity (Wildman–Crippen MR) is 130 cm³/mol. The first kappa shape index (κ1) is 24.1. The van der Waals surface area contributed by atoms with Crippen LogP contribution in [-0.2, 0) is 17.9 Å². The van der Waals surface area contributed by atoms with Crippen molar-refractivity contribution in [2.75, 3.05) is 31.6 Å². The summed E-state index contributed by atoms with van der Waals surface area (Å²) in [6.07, 6.45) is 1.50. The van der Waals surface area contributed by atoms with Crippen LogP contribution < -0.4 is 10.1 Å². The third-order valence-electron chi connectivity index (χ3n) is 5.39. The van der Waals surface area contributed by atoms with Gasteiger partial charge in [0.1, 0.15) is 23.1 Å². The Balaban J connectivity index is 1.48. The molecule has 0 atom stereocenters. The Kier molecular flexibility index (Phi) is 7.72. The molecule has 10 heteroatoms. The second kappa shape index (κ2) is 10.9. The number of benzene rings is 2. The van der Waals surface area contributed by atoms with Crippen LogP contribution in [0, 0.1) is 0 Å². The fraction of sp³-hybridized carbons (Fsp3) is 0.292. The number of aryl methyl sites for hydroxylation is 1. The van der Waals surface area contributed by atoms with Gasteiger partial charge in [0.25, 0.3) is 11.8 Å². The maximum absolute atomic E-state index is 13.1. The van der Waals surface area contributed by atoms with Crippen molar-refractivity contribution < 1.29 is 19.1 Å². The molecule has 0 bridgehead atoms. The van der Waals surface area contributed by atoms with E-state index in [1.165, 1.54) is 6.20 Å². The molecule has 1 saturated heterocycles. The lowest BCUT2D eigenvalue weighted by atomic mass is 10.1. The van der Waals surface area contributed by atoms with Crippen LogP contribution in [0.2, 0.25) is 10.0 Å². The average Bonchev–Trinajstić information content (AvgIpc) is 3.27. The summed E-state index contributed by atoms with van der Waals surface area (Å²) in [4.78, 5) is 27.9. The molecule has 1 aromatic heterocycles. The lowest BCUT2D eigenvalue weighted by Gasteiger charge is -2.27. The molecule has 0 saturated carbocycles. The van der Waals surface area contributed by atoms with Crippen molar-refractivity contribution in [1.82, 2.24) is 14.7 Å². The standard InChI is InChI=1S/C24H24Cl2N4O4/c1-2-30-22(24(32)29-9-11-33-12-10-29)19(14-27-30)28-23(31)17-6-3-5-16(13-17)15-34-20-8-4-7-18(25)21(20)26/h3-8,13-14H,2,9-12,15H2,1H3,(H,28,31). The van der Waals surface area contributed by atoms with Crippen molar-refractivity contribution in [2.24, 2.45) is 0 Å². The number of aromatic nitrogens is 2. The van der Waals surface area contributed by atoms with Crippen molar-refractivity contribution >= 4 is 40.7 Å². The summed E-state index contributed by atoms with van der Waals surface area (Å²) in [7, 11) is 0. The van der Waals surface area contributed by atoms with Crippen LogP contribution in [0.25, 0.3) is 0 Å². The van der Waals surface area contributed by atoms with Crippen LogP contribution >= 0.6 is 23.2 Å². The molecule has 1 aliphatic heterocycles. The smallest absolute Gasteiger partial charge is 0.274 e. The lowest BCUT2D eigenvalue weighted by Crippen LogP contribution is -2.41. The molecule has 0 radical (unpaired) electrons. The van der Waals surface area contributed by atoms with Gasteiger partial charge in [-0.1, -0.05) is 41.4 Å². The maximum atomic E-state index is 13.1. The van der Waals surface area contributed by atoms with Crippen molar-refractivity contribution in [2.45, 2.75) is 20.1 Å². The van der Waals surface area contributed by atoms with Crippen LogP contribution in [0.3, 0.4) is 0 Å². The van der Waals surface area contributed by atoms with E-state index >= 15 is 0 Å². The van der Waals surface area contributed by atoms with E-state index in [9.17, 15) is 9.59 Å².